The van der Waals surface area contributed by atoms with Crippen LogP contribution in [-0.2, 0) is 0 Å². The maximum atomic E-state index is 12.2. The number of amidine groups is 1. The lowest BCUT2D eigenvalue weighted by Gasteiger charge is -2.19. The summed E-state index contributed by atoms with van der Waals surface area (Å²) in [6, 6.07) is 8.46. The molecule has 7 heteroatoms. The largest absolute Gasteiger partial charge is 0.409 e. The molecule has 1 aromatic carbocycles. The van der Waals surface area contributed by atoms with Gasteiger partial charge >= 0.3 is 0 Å². The number of nitrogens with two attached hydrogens (primary N) is 1. The Bertz CT molecular complexity index is 606. The van der Waals surface area contributed by atoms with Gasteiger partial charge in [-0.1, -0.05) is 17.3 Å². The third-order valence-corrected chi connectivity index (χ3v) is 2.68. The van der Waals surface area contributed by atoms with Crippen LogP contribution in [0.2, 0.25) is 0 Å². The Morgan fingerprint density at radius 1 is 1.42 bits per heavy atom. The second kappa shape index (κ2) is 5.21. The van der Waals surface area contributed by atoms with E-state index in [0.29, 0.717) is 16.9 Å². The van der Waals surface area contributed by atoms with Crippen LogP contribution in [0.5, 0.6) is 0 Å². The molecule has 98 valence electrons. The number of oxime groups is 1. The summed E-state index contributed by atoms with van der Waals surface area (Å²) in [6.07, 6.45) is 1.50. The van der Waals surface area contributed by atoms with E-state index in [2.05, 4.69) is 15.4 Å². The maximum absolute atomic E-state index is 12.2. The third-order valence-electron chi connectivity index (χ3n) is 2.68. The molecule has 0 bridgehead atoms. The molecule has 4 N–H and O–H groups in total. The zero-order chi connectivity index (χ0) is 13.8. The molecule has 1 heterocycles. The van der Waals surface area contributed by atoms with E-state index in [4.69, 9.17) is 10.9 Å². The van der Waals surface area contributed by atoms with Crippen molar-refractivity contribution in [3.8, 4) is 0 Å². The molecule has 0 spiro atoms. The number of anilines is 1. The van der Waals surface area contributed by atoms with Crippen LogP contribution in [0.4, 0.5) is 5.69 Å². The van der Waals surface area contributed by atoms with Crippen molar-refractivity contribution in [1.29, 1.82) is 0 Å². The highest BCUT2D eigenvalue weighted by atomic mass is 16.4. The number of hydrogen-bond acceptors (Lipinski definition) is 4. The van der Waals surface area contributed by atoms with Gasteiger partial charge in [0.1, 0.15) is 5.69 Å². The van der Waals surface area contributed by atoms with Gasteiger partial charge in [0.2, 0.25) is 0 Å². The molecule has 1 aromatic heterocycles. The molecular formula is C12H13N5O2. The van der Waals surface area contributed by atoms with Crippen LogP contribution >= 0.6 is 0 Å². The number of amides is 1. The van der Waals surface area contributed by atoms with Gasteiger partial charge in [-0.2, -0.15) is 5.10 Å². The van der Waals surface area contributed by atoms with E-state index in [1.165, 1.54) is 11.1 Å². The molecule has 2 aromatic rings. The van der Waals surface area contributed by atoms with Gasteiger partial charge in [-0.05, 0) is 18.2 Å². The minimum Gasteiger partial charge on any atom is -0.409 e. The fourth-order valence-corrected chi connectivity index (χ4v) is 1.70. The Labute approximate surface area is 109 Å². The number of benzene rings is 1. The number of hydrogen-bond donors (Lipinski definition) is 3. The lowest BCUT2D eigenvalue weighted by Crippen LogP contribution is -2.29. The Balaban J connectivity index is 2.39. The van der Waals surface area contributed by atoms with Crippen molar-refractivity contribution in [3.63, 3.8) is 0 Å². The van der Waals surface area contributed by atoms with Gasteiger partial charge < -0.3 is 15.8 Å². The van der Waals surface area contributed by atoms with Crippen LogP contribution in [0, 0.1) is 0 Å². The van der Waals surface area contributed by atoms with Gasteiger partial charge in [-0.25, -0.2) is 0 Å². The van der Waals surface area contributed by atoms with Gasteiger partial charge in [0, 0.05) is 18.8 Å². The molecule has 19 heavy (non-hydrogen) atoms. The summed E-state index contributed by atoms with van der Waals surface area (Å²) in [7, 11) is 1.60. The van der Waals surface area contributed by atoms with E-state index in [-0.39, 0.29) is 11.7 Å². The fraction of sp³-hybridized carbons (Fsp3) is 0.0833. The monoisotopic (exact) mass is 259 g/mol. The number of rotatable bonds is 3. The van der Waals surface area contributed by atoms with Gasteiger partial charge in [0.25, 0.3) is 5.91 Å². The first-order valence-electron chi connectivity index (χ1n) is 5.49. The summed E-state index contributed by atoms with van der Waals surface area (Å²) in [6.45, 7) is 0. The minimum absolute atomic E-state index is 0.0557. The van der Waals surface area contributed by atoms with Crippen molar-refractivity contribution >= 4 is 17.4 Å². The topological polar surface area (TPSA) is 108 Å². The summed E-state index contributed by atoms with van der Waals surface area (Å²) >= 11 is 0. The zero-order valence-electron chi connectivity index (χ0n) is 10.2. The standard InChI is InChI=1S/C12H13N5O2/c1-17(12(18)9-6-7-14-15-9)10-5-3-2-4-8(10)11(13)16-19/h2-7,19H,1H3,(H2,13,16)(H,14,15). The Morgan fingerprint density at radius 2 is 2.16 bits per heavy atom. The van der Waals surface area contributed by atoms with E-state index in [1.807, 2.05) is 0 Å². The van der Waals surface area contributed by atoms with Crippen LogP contribution in [0.3, 0.4) is 0 Å². The Hall–Kier alpha value is -2.83. The van der Waals surface area contributed by atoms with Gasteiger partial charge in [-0.3, -0.25) is 9.89 Å². The van der Waals surface area contributed by atoms with Crippen molar-refractivity contribution in [2.24, 2.45) is 10.9 Å². The summed E-state index contributed by atoms with van der Waals surface area (Å²) in [5, 5.41) is 18.1. The number of aromatic nitrogens is 2. The molecule has 0 unspecified atom stereocenters. The lowest BCUT2D eigenvalue weighted by atomic mass is 10.1. The van der Waals surface area contributed by atoms with E-state index in [9.17, 15) is 4.79 Å². The lowest BCUT2D eigenvalue weighted by molar-refractivity contribution is 0.0988. The second-order valence-electron chi connectivity index (χ2n) is 3.84. The van der Waals surface area contributed by atoms with Crippen molar-refractivity contribution in [2.75, 3.05) is 11.9 Å². The smallest absolute Gasteiger partial charge is 0.276 e. The molecule has 0 saturated carbocycles. The summed E-state index contributed by atoms with van der Waals surface area (Å²) in [4.78, 5) is 13.6. The van der Waals surface area contributed by atoms with E-state index in [1.54, 1.807) is 37.4 Å². The molecule has 0 aliphatic heterocycles. The number of nitrogens with zero attached hydrogens (tertiary/aromatic N) is 3. The highest BCUT2D eigenvalue weighted by Crippen LogP contribution is 2.20. The molecule has 7 nitrogen and oxygen atoms in total. The van der Waals surface area contributed by atoms with E-state index >= 15 is 0 Å². The van der Waals surface area contributed by atoms with Gasteiger partial charge in [-0.15, -0.1) is 0 Å². The van der Waals surface area contributed by atoms with Crippen molar-refractivity contribution in [3.05, 3.63) is 47.8 Å². The van der Waals surface area contributed by atoms with Crippen LogP contribution in [0.1, 0.15) is 16.1 Å². The van der Waals surface area contributed by atoms with Crippen molar-refractivity contribution in [1.82, 2.24) is 10.2 Å². The van der Waals surface area contributed by atoms with Crippen LogP contribution in [0.15, 0.2) is 41.7 Å². The fourth-order valence-electron chi connectivity index (χ4n) is 1.70. The second-order valence-corrected chi connectivity index (χ2v) is 3.84. The number of H-pyrrole nitrogens is 1. The highest BCUT2D eigenvalue weighted by molar-refractivity contribution is 6.10. The van der Waals surface area contributed by atoms with Crippen molar-refractivity contribution < 1.29 is 10.0 Å². The molecule has 1 amide bonds. The number of para-hydroxylation sites is 1. The van der Waals surface area contributed by atoms with Crippen LogP contribution in [-0.4, -0.2) is 34.2 Å². The van der Waals surface area contributed by atoms with E-state index in [0.717, 1.165) is 0 Å². The van der Waals surface area contributed by atoms with Gasteiger partial charge in [0.15, 0.2) is 5.84 Å². The van der Waals surface area contributed by atoms with Crippen molar-refractivity contribution in [2.45, 2.75) is 0 Å². The minimum atomic E-state index is -0.268. The number of carbonyl (C=O) groups excluding carboxylic acids is 1. The van der Waals surface area contributed by atoms with E-state index < -0.39 is 0 Å². The molecule has 2 rings (SSSR count). The predicted octanol–water partition coefficient (Wildman–Crippen LogP) is 0.781. The quantitative estimate of drug-likeness (QED) is 0.327. The molecule has 0 aliphatic rings. The Kier molecular flexibility index (Phi) is 3.46. The van der Waals surface area contributed by atoms with Crippen LogP contribution < -0.4 is 10.6 Å². The zero-order valence-corrected chi connectivity index (χ0v) is 10.2. The maximum Gasteiger partial charge on any atom is 0.276 e. The first-order valence-corrected chi connectivity index (χ1v) is 5.49. The molecule has 0 radical (unpaired) electrons. The number of aromatic amines is 1. The predicted molar refractivity (Wildman–Crippen MR) is 70.3 cm³/mol. The van der Waals surface area contributed by atoms with Crippen LogP contribution in [0.25, 0.3) is 0 Å². The Morgan fingerprint density at radius 3 is 2.79 bits per heavy atom. The average Bonchev–Trinajstić information content (AvgIpc) is 2.99. The summed E-state index contributed by atoms with van der Waals surface area (Å²) in [5.41, 5.74) is 6.96. The molecular weight excluding hydrogens is 246 g/mol. The first-order chi connectivity index (χ1) is 9.15. The molecule has 0 aliphatic carbocycles. The van der Waals surface area contributed by atoms with Gasteiger partial charge in [0.05, 0.1) is 5.69 Å². The highest BCUT2D eigenvalue weighted by Gasteiger charge is 2.18. The third kappa shape index (κ3) is 2.39. The first kappa shape index (κ1) is 12.6. The molecule has 0 atom stereocenters. The normalized spacial score (nSPS) is 11.3. The number of nitrogens with one attached hydrogen (secondary N) is 1. The SMILES string of the molecule is CN(C(=O)c1ccn[nH]1)c1ccccc1C(N)=NO. The summed E-state index contributed by atoms with van der Waals surface area (Å²) in [5.74, 6) is -0.324. The molecule has 0 fully saturated rings. The average molecular weight is 259 g/mol. The molecule has 0 saturated heterocycles. The number of carbonyl (C=O) groups is 1. The summed E-state index contributed by atoms with van der Waals surface area (Å²) < 4.78 is 0.